The van der Waals surface area contributed by atoms with E-state index in [1.165, 1.54) is 14.2 Å². The number of hydrogen-bond donors (Lipinski definition) is 1. The second kappa shape index (κ2) is 10.5. The number of carbonyl (C=O) groups is 1. The lowest BCUT2D eigenvalue weighted by molar-refractivity contribution is -0.137. The molecule has 4 aromatic rings. The van der Waals surface area contributed by atoms with Gasteiger partial charge in [0.25, 0.3) is 5.91 Å². The molecule has 0 bridgehead atoms. The van der Waals surface area contributed by atoms with Crippen LogP contribution < -0.4 is 14.8 Å². The van der Waals surface area contributed by atoms with Gasteiger partial charge in [0.2, 0.25) is 11.7 Å². The maximum Gasteiger partial charge on any atom is 0.416 e. The first kappa shape index (κ1) is 24.8. The van der Waals surface area contributed by atoms with Gasteiger partial charge in [-0.15, -0.1) is 0 Å². The fourth-order valence-corrected chi connectivity index (χ4v) is 3.53. The van der Waals surface area contributed by atoms with E-state index in [1.54, 1.807) is 18.2 Å². The van der Waals surface area contributed by atoms with Crippen molar-refractivity contribution in [2.75, 3.05) is 14.2 Å². The predicted octanol–water partition coefficient (Wildman–Crippen LogP) is 5.49. The second-order valence-electron chi connectivity index (χ2n) is 7.85. The molecular weight excluding hydrogens is 475 g/mol. The van der Waals surface area contributed by atoms with Crippen molar-refractivity contribution in [2.24, 2.45) is 0 Å². The summed E-state index contributed by atoms with van der Waals surface area (Å²) in [4.78, 5) is 17.4. The van der Waals surface area contributed by atoms with E-state index < -0.39 is 23.7 Å². The van der Waals surface area contributed by atoms with Crippen molar-refractivity contribution >= 4 is 5.91 Å². The van der Waals surface area contributed by atoms with Gasteiger partial charge in [-0.05, 0) is 42.0 Å². The fraction of sp³-hybridized carbons (Fsp3) is 0.192. The largest absolute Gasteiger partial charge is 0.497 e. The highest BCUT2D eigenvalue weighted by atomic mass is 19.4. The number of alkyl halides is 3. The molecule has 0 spiro atoms. The van der Waals surface area contributed by atoms with Gasteiger partial charge in [-0.3, -0.25) is 4.79 Å². The lowest BCUT2D eigenvalue weighted by Gasteiger charge is -2.16. The minimum Gasteiger partial charge on any atom is -0.497 e. The number of amides is 1. The number of halogens is 3. The third-order valence-electron chi connectivity index (χ3n) is 5.41. The number of nitrogens with zero attached hydrogens (tertiary/aromatic N) is 2. The molecule has 10 heteroatoms. The van der Waals surface area contributed by atoms with Crippen LogP contribution in [0, 0.1) is 0 Å². The van der Waals surface area contributed by atoms with Gasteiger partial charge >= 0.3 is 6.18 Å². The molecule has 1 N–H and O–H groups in total. The third kappa shape index (κ3) is 5.83. The summed E-state index contributed by atoms with van der Waals surface area (Å²) in [7, 11) is 3.04. The minimum absolute atomic E-state index is 0.0679. The Bertz CT molecular complexity index is 1300. The van der Waals surface area contributed by atoms with Gasteiger partial charge in [0.15, 0.2) is 0 Å². The number of hydrogen-bond acceptors (Lipinski definition) is 6. The third-order valence-corrected chi connectivity index (χ3v) is 5.41. The van der Waals surface area contributed by atoms with Crippen LogP contribution in [0.5, 0.6) is 11.5 Å². The molecule has 0 radical (unpaired) electrons. The molecule has 0 saturated heterocycles. The van der Waals surface area contributed by atoms with E-state index in [0.29, 0.717) is 23.5 Å². The summed E-state index contributed by atoms with van der Waals surface area (Å²) in [5.74, 6) is 0.881. The standard InChI is InChI=1S/C26H22F3N3O4/c1-34-20-13-18(14-21(15-20)35-2)23-31-25(36-32-23)22(12-16-6-4-3-5-7-16)30-24(33)17-8-10-19(11-9-17)26(27,28)29/h3-11,13-15,22H,12H2,1-2H3,(H,30,33)/t22-/m1/s1. The molecule has 3 aromatic carbocycles. The van der Waals surface area contributed by atoms with E-state index in [2.05, 4.69) is 15.5 Å². The van der Waals surface area contributed by atoms with Gasteiger partial charge in [-0.25, -0.2) is 0 Å². The van der Waals surface area contributed by atoms with Crippen LogP contribution in [0.1, 0.15) is 33.4 Å². The lowest BCUT2D eigenvalue weighted by Crippen LogP contribution is -2.30. The van der Waals surface area contributed by atoms with E-state index in [4.69, 9.17) is 14.0 Å². The number of aromatic nitrogens is 2. The number of methoxy groups -OCH3 is 2. The van der Waals surface area contributed by atoms with Crippen LogP contribution in [-0.2, 0) is 12.6 Å². The summed E-state index contributed by atoms with van der Waals surface area (Å²) >= 11 is 0. The summed E-state index contributed by atoms with van der Waals surface area (Å²) in [5, 5.41) is 6.85. The number of nitrogens with one attached hydrogen (secondary N) is 1. The van der Waals surface area contributed by atoms with Gasteiger partial charge < -0.3 is 19.3 Å². The fourth-order valence-electron chi connectivity index (χ4n) is 3.53. The topological polar surface area (TPSA) is 86.5 Å². The summed E-state index contributed by atoms with van der Waals surface area (Å²) in [6, 6.07) is 17.7. The minimum atomic E-state index is -4.49. The Kier molecular flexibility index (Phi) is 7.23. The van der Waals surface area contributed by atoms with Crippen LogP contribution in [-0.4, -0.2) is 30.3 Å². The Balaban J connectivity index is 1.62. The van der Waals surface area contributed by atoms with Crippen molar-refractivity contribution in [1.82, 2.24) is 15.5 Å². The molecule has 186 valence electrons. The van der Waals surface area contributed by atoms with Crippen LogP contribution in [0.2, 0.25) is 0 Å². The lowest BCUT2D eigenvalue weighted by atomic mass is 10.0. The van der Waals surface area contributed by atoms with Gasteiger partial charge in [0.1, 0.15) is 17.5 Å². The van der Waals surface area contributed by atoms with Crippen LogP contribution in [0.15, 0.2) is 77.3 Å². The molecular formula is C26H22F3N3O4. The Morgan fingerprint density at radius 1 is 0.972 bits per heavy atom. The zero-order chi connectivity index (χ0) is 25.7. The average molecular weight is 497 g/mol. The SMILES string of the molecule is COc1cc(OC)cc(-c2noc([C@@H](Cc3ccccc3)NC(=O)c3ccc(C(F)(F)F)cc3)n2)c1. The first-order valence-electron chi connectivity index (χ1n) is 10.9. The zero-order valence-electron chi connectivity index (χ0n) is 19.4. The van der Waals surface area contributed by atoms with Gasteiger partial charge in [0, 0.05) is 23.6 Å². The van der Waals surface area contributed by atoms with Crippen LogP contribution in [0.3, 0.4) is 0 Å². The molecule has 0 fully saturated rings. The highest BCUT2D eigenvalue weighted by Crippen LogP contribution is 2.30. The van der Waals surface area contributed by atoms with Crippen LogP contribution >= 0.6 is 0 Å². The zero-order valence-corrected chi connectivity index (χ0v) is 19.4. The molecule has 1 amide bonds. The summed E-state index contributed by atoms with van der Waals surface area (Å²) in [5.41, 5.74) is 0.695. The monoisotopic (exact) mass is 497 g/mol. The number of carbonyl (C=O) groups excluding carboxylic acids is 1. The smallest absolute Gasteiger partial charge is 0.416 e. The van der Waals surface area contributed by atoms with E-state index in [0.717, 1.165) is 29.8 Å². The van der Waals surface area contributed by atoms with Crippen molar-refractivity contribution in [2.45, 2.75) is 18.6 Å². The van der Waals surface area contributed by atoms with Crippen LogP contribution in [0.25, 0.3) is 11.4 Å². The molecule has 4 rings (SSSR count). The van der Waals surface area contributed by atoms with Gasteiger partial charge in [0.05, 0.1) is 19.8 Å². The maximum absolute atomic E-state index is 12.9. The molecule has 7 nitrogen and oxygen atoms in total. The maximum atomic E-state index is 12.9. The number of benzene rings is 3. The van der Waals surface area contributed by atoms with Crippen molar-refractivity contribution in [1.29, 1.82) is 0 Å². The van der Waals surface area contributed by atoms with Crippen LogP contribution in [0.4, 0.5) is 13.2 Å². The highest BCUT2D eigenvalue weighted by Gasteiger charge is 2.30. The first-order chi connectivity index (χ1) is 17.3. The Labute approximate surface area is 204 Å². The van der Waals surface area contributed by atoms with Gasteiger partial charge in [-0.1, -0.05) is 35.5 Å². The molecule has 1 atom stereocenters. The van der Waals surface area contributed by atoms with Crippen molar-refractivity contribution in [3.05, 3.63) is 95.4 Å². The molecule has 0 aliphatic carbocycles. The molecule has 0 aliphatic rings. The van der Waals surface area contributed by atoms with E-state index in [1.807, 2.05) is 30.3 Å². The van der Waals surface area contributed by atoms with Crippen molar-refractivity contribution < 1.29 is 32.0 Å². The second-order valence-corrected chi connectivity index (χ2v) is 7.85. The Morgan fingerprint density at radius 3 is 2.19 bits per heavy atom. The van der Waals surface area contributed by atoms with Crippen molar-refractivity contribution in [3.8, 4) is 22.9 Å². The summed E-state index contributed by atoms with van der Waals surface area (Å²) < 4.78 is 54.7. The van der Waals surface area contributed by atoms with Crippen molar-refractivity contribution in [3.63, 3.8) is 0 Å². The molecule has 1 heterocycles. The van der Waals surface area contributed by atoms with E-state index in [9.17, 15) is 18.0 Å². The molecule has 0 unspecified atom stereocenters. The predicted molar refractivity (Wildman–Crippen MR) is 125 cm³/mol. The number of rotatable bonds is 8. The Morgan fingerprint density at radius 2 is 1.61 bits per heavy atom. The Hall–Kier alpha value is -4.34. The average Bonchev–Trinajstić information content (AvgIpc) is 3.38. The van der Waals surface area contributed by atoms with E-state index in [-0.39, 0.29) is 17.3 Å². The number of ether oxygens (including phenoxy) is 2. The van der Waals surface area contributed by atoms with E-state index >= 15 is 0 Å². The normalized spacial score (nSPS) is 12.1. The molecule has 36 heavy (non-hydrogen) atoms. The molecule has 0 saturated carbocycles. The molecule has 1 aromatic heterocycles. The highest BCUT2D eigenvalue weighted by molar-refractivity contribution is 5.94. The summed E-state index contributed by atoms with van der Waals surface area (Å²) in [6.45, 7) is 0. The van der Waals surface area contributed by atoms with Gasteiger partial charge in [-0.2, -0.15) is 18.2 Å². The first-order valence-corrected chi connectivity index (χ1v) is 10.9. The molecule has 0 aliphatic heterocycles. The summed E-state index contributed by atoms with van der Waals surface area (Å²) in [6.07, 6.45) is -4.18. The quantitative estimate of drug-likeness (QED) is 0.347.